The van der Waals surface area contributed by atoms with Gasteiger partial charge in [-0.3, -0.25) is 4.79 Å². The summed E-state index contributed by atoms with van der Waals surface area (Å²) in [5, 5.41) is 0. The Morgan fingerprint density at radius 3 is 2.69 bits per heavy atom. The maximum Gasteiger partial charge on any atom is 0.305 e. The minimum atomic E-state index is -0.0888. The summed E-state index contributed by atoms with van der Waals surface area (Å²) in [6, 6.07) is 0. The van der Waals surface area contributed by atoms with Crippen LogP contribution in [-0.2, 0) is 9.53 Å². The lowest BCUT2D eigenvalue weighted by Crippen LogP contribution is -2.04. The molecule has 2 heteroatoms. The SMILES string of the molecule is CCOC(=O)CCC[C]1[CH][CH][CH][CH]1. The summed E-state index contributed by atoms with van der Waals surface area (Å²) in [5.74, 6) is 1.21. The van der Waals surface area contributed by atoms with Gasteiger partial charge in [-0.05, 0) is 51.4 Å². The Labute approximate surface area is 80.7 Å². The van der Waals surface area contributed by atoms with Crippen LogP contribution >= 0.6 is 0 Å². The molecule has 13 heavy (non-hydrogen) atoms. The number of hydrogen-bond donors (Lipinski definition) is 0. The van der Waals surface area contributed by atoms with Gasteiger partial charge in [0.1, 0.15) is 0 Å². The molecule has 0 atom stereocenters. The summed E-state index contributed by atoms with van der Waals surface area (Å²) < 4.78 is 4.82. The molecule has 0 saturated heterocycles. The normalized spacial score (nSPS) is 17.6. The first kappa shape index (κ1) is 10.6. The molecule has 0 aliphatic heterocycles. The minimum Gasteiger partial charge on any atom is -0.466 e. The lowest BCUT2D eigenvalue weighted by atomic mass is 10.0. The third kappa shape index (κ3) is 4.30. The molecule has 1 aliphatic carbocycles. The Hall–Kier alpha value is -0.530. The van der Waals surface area contributed by atoms with Crippen molar-refractivity contribution >= 4 is 5.97 Å². The zero-order valence-electron chi connectivity index (χ0n) is 7.95. The number of carbonyl (C=O) groups excluding carboxylic acids is 1. The predicted octanol–water partition coefficient (Wildman–Crippen LogP) is 2.13. The third-order valence-corrected chi connectivity index (χ3v) is 1.88. The van der Waals surface area contributed by atoms with E-state index in [1.807, 2.05) is 19.8 Å². The van der Waals surface area contributed by atoms with E-state index in [4.69, 9.17) is 4.74 Å². The predicted molar refractivity (Wildman–Crippen MR) is 50.9 cm³/mol. The van der Waals surface area contributed by atoms with Crippen LogP contribution in [0.3, 0.4) is 0 Å². The topological polar surface area (TPSA) is 26.3 Å². The molecule has 0 aromatic rings. The van der Waals surface area contributed by atoms with E-state index in [-0.39, 0.29) is 5.97 Å². The molecule has 0 bridgehead atoms. The molecule has 5 radical (unpaired) electrons. The van der Waals surface area contributed by atoms with E-state index in [1.54, 1.807) is 0 Å². The molecule has 2 nitrogen and oxygen atoms in total. The average Bonchev–Trinajstić information content (AvgIpc) is 2.57. The van der Waals surface area contributed by atoms with Crippen LogP contribution in [0, 0.1) is 31.6 Å². The zero-order valence-corrected chi connectivity index (χ0v) is 7.95. The average molecular weight is 179 g/mol. The van der Waals surface area contributed by atoms with E-state index in [2.05, 4.69) is 12.8 Å². The Balaban J connectivity index is 1.96. The summed E-state index contributed by atoms with van der Waals surface area (Å²) in [6.45, 7) is 2.31. The van der Waals surface area contributed by atoms with Crippen molar-refractivity contribution in [3.8, 4) is 0 Å². The number of ether oxygens (including phenoxy) is 1. The van der Waals surface area contributed by atoms with Crippen LogP contribution in [0.5, 0.6) is 0 Å². The highest BCUT2D eigenvalue weighted by atomic mass is 16.5. The van der Waals surface area contributed by atoms with Crippen LogP contribution in [0.4, 0.5) is 0 Å². The minimum absolute atomic E-state index is 0.0888. The van der Waals surface area contributed by atoms with Gasteiger partial charge in [0.25, 0.3) is 0 Å². The fourth-order valence-corrected chi connectivity index (χ4v) is 1.25. The smallest absolute Gasteiger partial charge is 0.305 e. The summed E-state index contributed by atoms with van der Waals surface area (Å²) >= 11 is 0. The number of rotatable bonds is 5. The first-order valence-electron chi connectivity index (χ1n) is 4.69. The van der Waals surface area contributed by atoms with Gasteiger partial charge in [-0.15, -0.1) is 0 Å². The van der Waals surface area contributed by atoms with Crippen molar-refractivity contribution in [1.82, 2.24) is 0 Å². The molecule has 71 valence electrons. The molecule has 1 saturated carbocycles. The Morgan fingerprint density at radius 1 is 1.38 bits per heavy atom. The van der Waals surface area contributed by atoms with Gasteiger partial charge in [-0.2, -0.15) is 0 Å². The van der Waals surface area contributed by atoms with Crippen LogP contribution in [0.25, 0.3) is 0 Å². The van der Waals surface area contributed by atoms with E-state index >= 15 is 0 Å². The molecule has 0 heterocycles. The van der Waals surface area contributed by atoms with Crippen molar-refractivity contribution in [2.75, 3.05) is 6.61 Å². The van der Waals surface area contributed by atoms with Gasteiger partial charge in [0.05, 0.1) is 6.61 Å². The van der Waals surface area contributed by atoms with Gasteiger partial charge in [-0.25, -0.2) is 0 Å². The second-order valence-electron chi connectivity index (χ2n) is 2.95. The molecule has 0 unspecified atom stereocenters. The van der Waals surface area contributed by atoms with Crippen LogP contribution in [-0.4, -0.2) is 12.6 Å². The van der Waals surface area contributed by atoms with E-state index in [0.717, 1.165) is 12.8 Å². The highest BCUT2D eigenvalue weighted by Gasteiger charge is 2.16. The highest BCUT2D eigenvalue weighted by molar-refractivity contribution is 5.69. The van der Waals surface area contributed by atoms with Gasteiger partial charge in [0.2, 0.25) is 0 Å². The maximum atomic E-state index is 10.9. The van der Waals surface area contributed by atoms with Crippen molar-refractivity contribution < 1.29 is 9.53 Å². The van der Waals surface area contributed by atoms with Crippen molar-refractivity contribution in [2.24, 2.45) is 0 Å². The summed E-state index contributed by atoms with van der Waals surface area (Å²) in [7, 11) is 0. The molecule has 1 rings (SSSR count). The van der Waals surface area contributed by atoms with Crippen molar-refractivity contribution in [2.45, 2.75) is 26.2 Å². The summed E-state index contributed by atoms with van der Waals surface area (Å²) in [4.78, 5) is 10.9. The first-order valence-corrected chi connectivity index (χ1v) is 4.69. The largest absolute Gasteiger partial charge is 0.466 e. The molecule has 0 aromatic carbocycles. The maximum absolute atomic E-state index is 10.9. The van der Waals surface area contributed by atoms with Crippen molar-refractivity contribution in [3.63, 3.8) is 0 Å². The molecular weight excluding hydrogens is 164 g/mol. The first-order chi connectivity index (χ1) is 6.33. The van der Waals surface area contributed by atoms with Gasteiger partial charge >= 0.3 is 5.97 Å². The second kappa shape index (κ2) is 6.01. The number of carbonyl (C=O) groups is 1. The lowest BCUT2D eigenvalue weighted by molar-refractivity contribution is -0.143. The molecule has 1 fully saturated rings. The Kier molecular flexibility index (Phi) is 4.87. The monoisotopic (exact) mass is 179 g/mol. The molecule has 0 amide bonds. The Bertz CT molecular complexity index is 148. The van der Waals surface area contributed by atoms with Gasteiger partial charge < -0.3 is 4.74 Å². The standard InChI is InChI=1S/C11H15O2/c1-2-13-11(12)9-5-8-10-6-3-4-7-10/h3-4,6-7H,2,5,8-9H2,1H3. The van der Waals surface area contributed by atoms with Crippen LogP contribution in [0.15, 0.2) is 0 Å². The number of esters is 1. The van der Waals surface area contributed by atoms with Crippen LogP contribution < -0.4 is 0 Å². The fourth-order valence-electron chi connectivity index (χ4n) is 1.25. The summed E-state index contributed by atoms with van der Waals surface area (Å²) in [5.41, 5.74) is 0. The zero-order chi connectivity index (χ0) is 9.52. The molecule has 0 spiro atoms. The van der Waals surface area contributed by atoms with Crippen LogP contribution in [0.2, 0.25) is 0 Å². The van der Waals surface area contributed by atoms with Crippen LogP contribution in [0.1, 0.15) is 26.2 Å². The van der Waals surface area contributed by atoms with Crippen molar-refractivity contribution in [1.29, 1.82) is 0 Å². The Morgan fingerprint density at radius 2 is 2.08 bits per heavy atom. The molecular formula is C11H15O2. The van der Waals surface area contributed by atoms with E-state index < -0.39 is 0 Å². The fraction of sp³-hybridized carbons (Fsp3) is 0.455. The summed E-state index contributed by atoms with van der Waals surface area (Å²) in [6.07, 6.45) is 10.5. The van der Waals surface area contributed by atoms with Gasteiger partial charge in [-0.1, -0.05) is 0 Å². The number of hydrogen-bond acceptors (Lipinski definition) is 2. The lowest BCUT2D eigenvalue weighted by Gasteiger charge is -2.06. The molecule has 1 aliphatic rings. The van der Waals surface area contributed by atoms with E-state index in [1.165, 1.54) is 5.92 Å². The quantitative estimate of drug-likeness (QED) is 0.604. The van der Waals surface area contributed by atoms with Gasteiger partial charge in [0, 0.05) is 6.42 Å². The third-order valence-electron chi connectivity index (χ3n) is 1.88. The van der Waals surface area contributed by atoms with Crippen molar-refractivity contribution in [3.05, 3.63) is 31.6 Å². The second-order valence-corrected chi connectivity index (χ2v) is 2.95. The van der Waals surface area contributed by atoms with E-state index in [0.29, 0.717) is 13.0 Å². The highest BCUT2D eigenvalue weighted by Crippen LogP contribution is 2.27. The molecule has 0 N–H and O–H groups in total. The molecule has 0 aromatic heterocycles. The van der Waals surface area contributed by atoms with Gasteiger partial charge in [0.15, 0.2) is 0 Å². The van der Waals surface area contributed by atoms with E-state index in [9.17, 15) is 4.79 Å².